The predicted octanol–water partition coefficient (Wildman–Crippen LogP) is 3.68. The molecule has 3 rings (SSSR count). The van der Waals surface area contributed by atoms with Crippen LogP contribution in [0.3, 0.4) is 0 Å². The molecule has 4 nitrogen and oxygen atoms in total. The molecule has 1 saturated carbocycles. The van der Waals surface area contributed by atoms with E-state index in [9.17, 15) is 9.90 Å². The Hall–Kier alpha value is -2.17. The van der Waals surface area contributed by atoms with Crippen molar-refractivity contribution in [2.75, 3.05) is 11.9 Å². The second-order valence-electron chi connectivity index (χ2n) is 6.34. The van der Waals surface area contributed by atoms with Gasteiger partial charge in [0, 0.05) is 12.3 Å². The smallest absolute Gasteiger partial charge is 0.227 e. The number of aliphatic hydroxyl groups excluding tert-OH is 1. The number of carbonyl (C=O) groups excluding carboxylic acids is 1. The van der Waals surface area contributed by atoms with Crippen molar-refractivity contribution in [1.29, 1.82) is 0 Å². The van der Waals surface area contributed by atoms with E-state index in [1.165, 1.54) is 12.8 Å². The molecule has 2 aromatic rings. The van der Waals surface area contributed by atoms with Crippen LogP contribution in [0.25, 0.3) is 0 Å². The van der Waals surface area contributed by atoms with Gasteiger partial charge in [0.2, 0.25) is 5.91 Å². The molecule has 24 heavy (non-hydrogen) atoms. The minimum atomic E-state index is -0.795. The molecule has 1 aliphatic rings. The maximum absolute atomic E-state index is 12.1. The fourth-order valence-corrected chi connectivity index (χ4v) is 2.55. The van der Waals surface area contributed by atoms with Crippen LogP contribution in [0.1, 0.15) is 36.5 Å². The second kappa shape index (κ2) is 8.08. The van der Waals surface area contributed by atoms with Crippen molar-refractivity contribution in [1.82, 2.24) is 0 Å². The number of aliphatic hydroxyl groups is 1. The summed E-state index contributed by atoms with van der Waals surface area (Å²) in [5.41, 5.74) is 2.51. The van der Waals surface area contributed by atoms with Gasteiger partial charge in [-0.3, -0.25) is 4.79 Å². The minimum absolute atomic E-state index is 0.0341. The fraction of sp³-hybridized carbons (Fsp3) is 0.350. The molecule has 0 bridgehead atoms. The van der Waals surface area contributed by atoms with Crippen LogP contribution in [0, 0.1) is 5.92 Å². The third-order valence-electron chi connectivity index (χ3n) is 4.09. The van der Waals surface area contributed by atoms with Gasteiger partial charge < -0.3 is 15.2 Å². The Labute approximate surface area is 142 Å². The first kappa shape index (κ1) is 16.7. The molecule has 2 N–H and O–H groups in total. The lowest BCUT2D eigenvalue weighted by Gasteiger charge is -2.12. The molecule has 1 unspecified atom stereocenters. The van der Waals surface area contributed by atoms with Crippen LogP contribution in [0.4, 0.5) is 5.69 Å². The molecule has 4 heteroatoms. The van der Waals surface area contributed by atoms with Gasteiger partial charge in [0.1, 0.15) is 0 Å². The van der Waals surface area contributed by atoms with E-state index in [1.54, 1.807) is 0 Å². The number of hydrogen-bond acceptors (Lipinski definition) is 3. The van der Waals surface area contributed by atoms with Crippen molar-refractivity contribution in [3.05, 3.63) is 65.7 Å². The molecule has 0 saturated heterocycles. The summed E-state index contributed by atoms with van der Waals surface area (Å²) in [5, 5.41) is 13.0. The molecular formula is C20H23NO3. The van der Waals surface area contributed by atoms with Gasteiger partial charge in [-0.1, -0.05) is 42.5 Å². The van der Waals surface area contributed by atoms with Crippen molar-refractivity contribution < 1.29 is 14.6 Å². The Balaban J connectivity index is 1.50. The molecule has 1 aliphatic carbocycles. The van der Waals surface area contributed by atoms with Crippen LogP contribution in [0.2, 0.25) is 0 Å². The zero-order chi connectivity index (χ0) is 16.8. The van der Waals surface area contributed by atoms with Gasteiger partial charge in [-0.05, 0) is 42.0 Å². The molecule has 0 aromatic heterocycles. The lowest BCUT2D eigenvalue weighted by Crippen LogP contribution is -2.15. The summed E-state index contributed by atoms with van der Waals surface area (Å²) in [6.07, 6.45) is 1.79. The summed E-state index contributed by atoms with van der Waals surface area (Å²) in [6, 6.07) is 16.9. The normalized spacial score (nSPS) is 15.0. The Kier molecular flexibility index (Phi) is 5.62. The molecule has 1 atom stereocenters. The van der Waals surface area contributed by atoms with Crippen molar-refractivity contribution in [2.24, 2.45) is 5.92 Å². The van der Waals surface area contributed by atoms with Crippen molar-refractivity contribution >= 4 is 11.6 Å². The third kappa shape index (κ3) is 5.18. The molecular weight excluding hydrogens is 302 g/mol. The van der Waals surface area contributed by atoms with Gasteiger partial charge in [0.05, 0.1) is 19.1 Å². The first-order valence-electron chi connectivity index (χ1n) is 8.40. The van der Waals surface area contributed by atoms with Gasteiger partial charge in [-0.15, -0.1) is 0 Å². The monoisotopic (exact) mass is 325 g/mol. The van der Waals surface area contributed by atoms with Gasteiger partial charge >= 0.3 is 0 Å². The van der Waals surface area contributed by atoms with Gasteiger partial charge in [-0.25, -0.2) is 0 Å². The highest BCUT2D eigenvalue weighted by atomic mass is 16.5. The number of rotatable bonds is 8. The maximum Gasteiger partial charge on any atom is 0.227 e. The first-order valence-corrected chi connectivity index (χ1v) is 8.40. The second-order valence-corrected chi connectivity index (χ2v) is 6.34. The molecule has 2 aromatic carbocycles. The van der Waals surface area contributed by atoms with E-state index in [1.807, 2.05) is 54.6 Å². The maximum atomic E-state index is 12.1. The summed E-state index contributed by atoms with van der Waals surface area (Å²) >= 11 is 0. The Morgan fingerprint density at radius 1 is 1.17 bits per heavy atom. The molecule has 0 radical (unpaired) electrons. The SMILES string of the molecule is O=C(CC(O)c1ccccc1)Nc1cccc(COCC2CC2)c1. The van der Waals surface area contributed by atoms with E-state index in [-0.39, 0.29) is 12.3 Å². The zero-order valence-electron chi connectivity index (χ0n) is 13.7. The van der Waals surface area contributed by atoms with Crippen molar-refractivity contribution in [2.45, 2.75) is 32.0 Å². The zero-order valence-corrected chi connectivity index (χ0v) is 13.7. The molecule has 1 fully saturated rings. The predicted molar refractivity (Wildman–Crippen MR) is 93.5 cm³/mol. The van der Waals surface area contributed by atoms with E-state index < -0.39 is 6.10 Å². The number of hydrogen-bond donors (Lipinski definition) is 2. The number of nitrogens with one attached hydrogen (secondary N) is 1. The summed E-state index contributed by atoms with van der Waals surface area (Å²) in [5.74, 6) is 0.537. The van der Waals surface area contributed by atoms with Crippen LogP contribution in [0.15, 0.2) is 54.6 Å². The molecule has 0 spiro atoms. The number of amides is 1. The lowest BCUT2D eigenvalue weighted by molar-refractivity contribution is -0.118. The largest absolute Gasteiger partial charge is 0.388 e. The molecule has 0 aliphatic heterocycles. The highest BCUT2D eigenvalue weighted by Crippen LogP contribution is 2.29. The van der Waals surface area contributed by atoms with Gasteiger partial charge in [0.25, 0.3) is 0 Å². The Morgan fingerprint density at radius 3 is 2.71 bits per heavy atom. The number of benzene rings is 2. The summed E-state index contributed by atoms with van der Waals surface area (Å²) in [6.45, 7) is 1.38. The molecule has 0 heterocycles. The summed E-state index contributed by atoms with van der Waals surface area (Å²) < 4.78 is 5.67. The number of ether oxygens (including phenoxy) is 1. The van der Waals surface area contributed by atoms with Gasteiger partial charge in [-0.2, -0.15) is 0 Å². The fourth-order valence-electron chi connectivity index (χ4n) is 2.55. The molecule has 126 valence electrons. The van der Waals surface area contributed by atoms with E-state index in [0.717, 1.165) is 29.3 Å². The lowest BCUT2D eigenvalue weighted by atomic mass is 10.1. The van der Waals surface area contributed by atoms with E-state index in [4.69, 9.17) is 4.74 Å². The third-order valence-corrected chi connectivity index (χ3v) is 4.09. The quantitative estimate of drug-likeness (QED) is 0.778. The first-order chi connectivity index (χ1) is 11.7. The Bertz CT molecular complexity index is 668. The van der Waals surface area contributed by atoms with Crippen LogP contribution in [0.5, 0.6) is 0 Å². The average Bonchev–Trinajstić information content (AvgIpc) is 3.40. The average molecular weight is 325 g/mol. The number of anilines is 1. The van der Waals surface area contributed by atoms with Crippen LogP contribution in [-0.4, -0.2) is 17.6 Å². The minimum Gasteiger partial charge on any atom is -0.388 e. The van der Waals surface area contributed by atoms with Crippen molar-refractivity contribution in [3.63, 3.8) is 0 Å². The van der Waals surface area contributed by atoms with Crippen molar-refractivity contribution in [3.8, 4) is 0 Å². The van der Waals surface area contributed by atoms with Crippen LogP contribution in [-0.2, 0) is 16.1 Å². The highest BCUT2D eigenvalue weighted by molar-refractivity contribution is 5.91. The van der Waals surface area contributed by atoms with E-state index in [2.05, 4.69) is 5.32 Å². The standard InChI is InChI=1S/C20H23NO3/c22-19(17-6-2-1-3-7-17)12-20(23)21-18-8-4-5-16(11-18)14-24-13-15-9-10-15/h1-8,11,15,19,22H,9-10,12-14H2,(H,21,23). The van der Waals surface area contributed by atoms with Crippen LogP contribution < -0.4 is 5.32 Å². The Morgan fingerprint density at radius 2 is 1.96 bits per heavy atom. The summed E-state index contributed by atoms with van der Waals surface area (Å²) in [7, 11) is 0. The van der Waals surface area contributed by atoms with E-state index >= 15 is 0 Å². The van der Waals surface area contributed by atoms with Gasteiger partial charge in [0.15, 0.2) is 0 Å². The van der Waals surface area contributed by atoms with E-state index in [0.29, 0.717) is 6.61 Å². The van der Waals surface area contributed by atoms with Crippen LogP contribution >= 0.6 is 0 Å². The molecule has 1 amide bonds. The topological polar surface area (TPSA) is 58.6 Å². The highest BCUT2D eigenvalue weighted by Gasteiger charge is 2.21. The number of carbonyl (C=O) groups is 1. The summed E-state index contributed by atoms with van der Waals surface area (Å²) in [4.78, 5) is 12.1.